The largest absolute Gasteiger partial charge is 0.467 e. The first kappa shape index (κ1) is 42.2. The highest BCUT2D eigenvalue weighted by Crippen LogP contribution is 2.46. The molecule has 2 aromatic heterocycles. The lowest BCUT2D eigenvalue weighted by Gasteiger charge is -2.32. The third kappa shape index (κ3) is 11.5. The number of aliphatic hydroxyl groups excluding tert-OH is 1. The molecule has 0 fully saturated rings. The van der Waals surface area contributed by atoms with Crippen LogP contribution in [0, 0.1) is 11.3 Å². The summed E-state index contributed by atoms with van der Waals surface area (Å²) in [5, 5.41) is 30.7. The number of esters is 2. The van der Waals surface area contributed by atoms with Gasteiger partial charge in [0.25, 0.3) is 0 Å². The number of aromatic nitrogens is 3. The molecule has 0 aliphatic heterocycles. The van der Waals surface area contributed by atoms with Gasteiger partial charge >= 0.3 is 25.8 Å². The van der Waals surface area contributed by atoms with E-state index in [1.807, 2.05) is 12.1 Å². The predicted octanol–water partition coefficient (Wildman–Crippen LogP) is 3.27. The molecular formula is C36H44N7O11P. The van der Waals surface area contributed by atoms with E-state index in [0.29, 0.717) is 16.8 Å². The Hall–Kier alpha value is -5.57. The molecule has 0 saturated carbocycles. The van der Waals surface area contributed by atoms with Crippen LogP contribution in [0.15, 0.2) is 73.1 Å². The number of fused-ring (bicyclic) bond motifs is 1. The van der Waals surface area contributed by atoms with Crippen molar-refractivity contribution in [1.82, 2.24) is 25.0 Å². The van der Waals surface area contributed by atoms with Crippen molar-refractivity contribution in [1.29, 1.82) is 5.26 Å². The highest BCUT2D eigenvalue weighted by Gasteiger charge is 2.44. The molecule has 55 heavy (non-hydrogen) atoms. The Bertz CT molecular complexity index is 2010. The fourth-order valence-corrected chi connectivity index (χ4v) is 6.69. The van der Waals surface area contributed by atoms with Gasteiger partial charge < -0.3 is 39.6 Å². The van der Waals surface area contributed by atoms with Crippen molar-refractivity contribution in [3.8, 4) is 11.8 Å². The molecule has 2 heterocycles. The van der Waals surface area contributed by atoms with Crippen molar-refractivity contribution in [2.75, 3.05) is 26.6 Å². The van der Waals surface area contributed by atoms with E-state index in [2.05, 4.69) is 20.5 Å². The van der Waals surface area contributed by atoms with E-state index in [-0.39, 0.29) is 31.0 Å². The molecule has 4 rings (SSSR count). The lowest BCUT2D eigenvalue weighted by molar-refractivity contribution is -0.149. The van der Waals surface area contributed by atoms with Crippen molar-refractivity contribution in [3.05, 3.63) is 89.9 Å². The van der Waals surface area contributed by atoms with E-state index >= 15 is 0 Å². The van der Waals surface area contributed by atoms with Gasteiger partial charge in [-0.1, -0.05) is 42.5 Å². The number of aliphatic hydroxyl groups is 1. The molecule has 4 aromatic rings. The van der Waals surface area contributed by atoms with Gasteiger partial charge in [-0.05, 0) is 56.2 Å². The minimum atomic E-state index is -4.57. The molecule has 18 nitrogen and oxygen atoms in total. The Morgan fingerprint density at radius 1 is 1.00 bits per heavy atom. The summed E-state index contributed by atoms with van der Waals surface area (Å²) in [6.45, 7) is 3.87. The molecule has 0 saturated heterocycles. The zero-order valence-corrected chi connectivity index (χ0v) is 31.8. The number of rotatable bonds is 19. The van der Waals surface area contributed by atoms with Crippen LogP contribution >= 0.6 is 7.75 Å². The van der Waals surface area contributed by atoms with Crippen LogP contribution in [-0.4, -0.2) is 88.5 Å². The summed E-state index contributed by atoms with van der Waals surface area (Å²) in [7, 11) is -2.22. The Kier molecular flexibility index (Phi) is 14.7. The molecule has 2 aromatic carbocycles. The quantitative estimate of drug-likeness (QED) is 0.0605. The number of benzene rings is 2. The minimum absolute atomic E-state index is 0.00805. The van der Waals surface area contributed by atoms with E-state index in [1.54, 1.807) is 62.4 Å². The number of hydrogen-bond donors (Lipinski definition) is 4. The zero-order valence-electron chi connectivity index (χ0n) is 30.9. The Labute approximate surface area is 317 Å². The summed E-state index contributed by atoms with van der Waals surface area (Å²) in [5.74, 6) is -1.28. The van der Waals surface area contributed by atoms with Crippen molar-refractivity contribution < 1.29 is 52.1 Å². The molecule has 0 bridgehead atoms. The van der Waals surface area contributed by atoms with Crippen molar-refractivity contribution in [2.45, 2.75) is 70.1 Å². The Balaban J connectivity index is 1.50. The van der Waals surface area contributed by atoms with Gasteiger partial charge in [-0.15, -0.1) is 0 Å². The van der Waals surface area contributed by atoms with Gasteiger partial charge in [0, 0.05) is 25.6 Å². The normalized spacial score (nSPS) is 15.1. The van der Waals surface area contributed by atoms with E-state index in [1.165, 1.54) is 44.1 Å². The maximum absolute atomic E-state index is 14.3. The molecule has 0 aliphatic carbocycles. The van der Waals surface area contributed by atoms with Crippen molar-refractivity contribution in [3.63, 3.8) is 0 Å². The van der Waals surface area contributed by atoms with E-state index in [4.69, 9.17) is 33.7 Å². The second-order valence-corrected chi connectivity index (χ2v) is 14.2. The third-order valence-corrected chi connectivity index (χ3v) is 9.76. The molecule has 0 spiro atoms. The Morgan fingerprint density at radius 2 is 1.71 bits per heavy atom. The number of nitriles is 1. The summed E-state index contributed by atoms with van der Waals surface area (Å²) < 4.78 is 48.1. The number of hydrogen-bond acceptors (Lipinski definition) is 15. The summed E-state index contributed by atoms with van der Waals surface area (Å²) in [6.07, 6.45) is -1.81. The molecule has 19 heteroatoms. The molecule has 0 aliphatic rings. The second-order valence-electron chi connectivity index (χ2n) is 12.5. The number of nitrogens with zero attached hydrogens (tertiary/aromatic N) is 4. The monoisotopic (exact) mass is 781 g/mol. The van der Waals surface area contributed by atoms with Crippen LogP contribution in [0.2, 0.25) is 0 Å². The van der Waals surface area contributed by atoms with E-state index < -0.39 is 62.3 Å². The molecule has 294 valence electrons. The number of ether oxygens (including phenoxy) is 4. The van der Waals surface area contributed by atoms with Gasteiger partial charge in [0.1, 0.15) is 55.1 Å². The van der Waals surface area contributed by atoms with Crippen LogP contribution in [0.5, 0.6) is 5.75 Å². The van der Waals surface area contributed by atoms with Crippen LogP contribution < -0.4 is 20.7 Å². The van der Waals surface area contributed by atoms with Crippen LogP contribution in [-0.2, 0) is 57.1 Å². The predicted molar refractivity (Wildman–Crippen MR) is 196 cm³/mol. The first-order chi connectivity index (χ1) is 26.2. The van der Waals surface area contributed by atoms with Crippen LogP contribution in [0.1, 0.15) is 37.6 Å². The lowest BCUT2D eigenvalue weighted by atomic mass is 9.95. The van der Waals surface area contributed by atoms with E-state index in [0.717, 1.165) is 5.56 Å². The summed E-state index contributed by atoms with van der Waals surface area (Å²) >= 11 is 0. The first-order valence-corrected chi connectivity index (χ1v) is 18.5. The van der Waals surface area contributed by atoms with Gasteiger partial charge in [-0.25, -0.2) is 23.7 Å². The minimum Gasteiger partial charge on any atom is -0.467 e. The van der Waals surface area contributed by atoms with Crippen molar-refractivity contribution in [2.24, 2.45) is 0 Å². The van der Waals surface area contributed by atoms with Crippen molar-refractivity contribution >= 4 is 37.1 Å². The lowest BCUT2D eigenvalue weighted by Crippen LogP contribution is -2.49. The fourth-order valence-electron chi connectivity index (χ4n) is 5.17. The zero-order chi connectivity index (χ0) is 40.2. The number of carbonyl (C=O) groups is 3. The summed E-state index contributed by atoms with van der Waals surface area (Å²) in [4.78, 5) is 41.7. The number of carbonyl (C=O) groups excluding carboxylic acids is 3. The third-order valence-electron chi connectivity index (χ3n) is 8.14. The van der Waals surface area contributed by atoms with Gasteiger partial charge in [0.05, 0.1) is 13.2 Å². The maximum Gasteiger partial charge on any atom is 0.459 e. The van der Waals surface area contributed by atoms with E-state index in [9.17, 15) is 29.3 Å². The number of nitrogens with two attached hydrogens (primary N) is 1. The maximum atomic E-state index is 14.3. The average Bonchev–Trinajstić information content (AvgIpc) is 3.58. The number of amides is 1. The Morgan fingerprint density at radius 3 is 2.35 bits per heavy atom. The summed E-state index contributed by atoms with van der Waals surface area (Å²) in [6, 6.07) is 17.8. The topological polar surface area (TPSA) is 248 Å². The first-order valence-electron chi connectivity index (χ1n) is 17.0. The van der Waals surface area contributed by atoms with Gasteiger partial charge in [-0.3, -0.25) is 9.32 Å². The molecule has 5 atom stereocenters. The smallest absolute Gasteiger partial charge is 0.459 e. The van der Waals surface area contributed by atoms with Gasteiger partial charge in [0.15, 0.2) is 5.82 Å². The number of nitrogen functional groups attached to an aromatic ring is 1. The standard InChI is InChI=1S/C36H44N7O11P/c1-23(2)53-33(45)24(3)42-55(48,52-21-36(20-37,50-5)31(44)18-27-13-16-30-32(38)39-22-40-43(27)30)54-28-14-11-25(12-15-28)17-29(34(46)49-4)41-35(47)51-19-26-9-7-6-8-10-26/h6-16,22-24,29,31,44H,17-19,21H2,1-5H3,(H,41,47)(H,42,48)(H2,38,39,40)/t24-,29-,31-,36+,55?/m0/s1. The number of nitrogens with one attached hydrogen (secondary N) is 2. The highest BCUT2D eigenvalue weighted by molar-refractivity contribution is 7.52. The van der Waals surface area contributed by atoms with Crippen LogP contribution in [0.3, 0.4) is 0 Å². The number of anilines is 1. The van der Waals surface area contributed by atoms with Crippen LogP contribution in [0.4, 0.5) is 10.6 Å². The molecular weight excluding hydrogens is 737 g/mol. The molecule has 5 N–H and O–H groups in total. The SMILES string of the molecule is COC(=O)[C@H](Cc1ccc(OP(=O)(N[C@@H](C)C(=O)OC(C)C)OC[C@@](C#N)(OC)[C@@H](O)Cc2ccc3c(N)ncnn23)cc1)NC(=O)OCc1ccccc1. The molecule has 1 amide bonds. The number of methoxy groups -OCH3 is 2. The summed E-state index contributed by atoms with van der Waals surface area (Å²) in [5.41, 5.74) is 6.07. The molecule has 0 radical (unpaired) electrons. The number of alkyl carbamates (subject to hydrolysis) is 1. The second kappa shape index (κ2) is 19.1. The highest BCUT2D eigenvalue weighted by atomic mass is 31.2. The fraction of sp³-hybridized carbons (Fsp3) is 0.389. The average molecular weight is 782 g/mol. The van der Waals surface area contributed by atoms with Gasteiger partial charge in [0.2, 0.25) is 5.60 Å². The van der Waals surface area contributed by atoms with Gasteiger partial charge in [-0.2, -0.15) is 15.4 Å². The van der Waals surface area contributed by atoms with Crippen LogP contribution in [0.25, 0.3) is 5.52 Å². The molecule has 1 unspecified atom stereocenters.